The van der Waals surface area contributed by atoms with Gasteiger partial charge in [0.05, 0.1) is 6.04 Å². The van der Waals surface area contributed by atoms with Crippen LogP contribution in [0.3, 0.4) is 0 Å². The summed E-state index contributed by atoms with van der Waals surface area (Å²) in [6.45, 7) is 4.75. The van der Waals surface area contributed by atoms with Crippen LogP contribution in [0.25, 0.3) is 44.5 Å². The van der Waals surface area contributed by atoms with E-state index in [-0.39, 0.29) is 11.5 Å². The molecule has 65 heavy (non-hydrogen) atoms. The molecule has 8 aromatic rings. The van der Waals surface area contributed by atoms with Gasteiger partial charge < -0.3 is 9.80 Å². The summed E-state index contributed by atoms with van der Waals surface area (Å²) in [5.74, 6) is 0. The van der Waals surface area contributed by atoms with Crippen LogP contribution in [0.15, 0.2) is 248 Å². The fourth-order valence-electron chi connectivity index (χ4n) is 10.4. The summed E-state index contributed by atoms with van der Waals surface area (Å²) in [5.41, 5.74) is 21.6. The molecule has 314 valence electrons. The Hall–Kier alpha value is -7.68. The molecule has 0 N–H and O–H groups in total. The lowest BCUT2D eigenvalue weighted by atomic mass is 9.79. The van der Waals surface area contributed by atoms with Gasteiger partial charge in [0.2, 0.25) is 0 Å². The van der Waals surface area contributed by atoms with Crippen LogP contribution in [0.4, 0.5) is 22.7 Å². The van der Waals surface area contributed by atoms with Crippen molar-refractivity contribution in [2.24, 2.45) is 0 Å². The van der Waals surface area contributed by atoms with E-state index in [1.165, 1.54) is 83.9 Å². The average Bonchev–Trinajstić information content (AvgIpc) is 3.60. The Kier molecular flexibility index (Phi) is 10.6. The molecular formula is C63H52N2. The zero-order valence-corrected chi connectivity index (χ0v) is 37.1. The quantitative estimate of drug-likeness (QED) is 0.135. The maximum atomic E-state index is 2.56. The minimum atomic E-state index is -0.00936. The van der Waals surface area contributed by atoms with Crippen molar-refractivity contribution in [1.82, 2.24) is 0 Å². The highest BCUT2D eigenvalue weighted by Gasteiger charge is 2.39. The predicted molar refractivity (Wildman–Crippen MR) is 276 cm³/mol. The third kappa shape index (κ3) is 7.76. The van der Waals surface area contributed by atoms with E-state index < -0.39 is 0 Å². The third-order valence-electron chi connectivity index (χ3n) is 13.7. The third-order valence-corrected chi connectivity index (χ3v) is 13.7. The number of fused-ring (bicyclic) bond motifs is 2. The SMILES string of the molecule is CC1(C)C2=C(CC(N(c3ccc(C4=CC=C(N(c5cccc(-c6ccccc6)c5)c5cccc(-c6ccccc6)c5)CC4)cc3)c3cccc(-c4ccccc4)c3)C=C2)c2ccccc21. The van der Waals surface area contributed by atoms with Crippen molar-refractivity contribution < 1.29 is 0 Å². The maximum absolute atomic E-state index is 2.56. The summed E-state index contributed by atoms with van der Waals surface area (Å²) in [7, 11) is 0. The number of allylic oxidation sites excluding steroid dienone is 6. The zero-order valence-electron chi connectivity index (χ0n) is 37.1. The second-order valence-corrected chi connectivity index (χ2v) is 18.0. The zero-order chi connectivity index (χ0) is 43.7. The van der Waals surface area contributed by atoms with E-state index in [2.05, 4.69) is 260 Å². The van der Waals surface area contributed by atoms with Gasteiger partial charge in [0.1, 0.15) is 0 Å². The first-order chi connectivity index (χ1) is 32.0. The van der Waals surface area contributed by atoms with Gasteiger partial charge in [-0.15, -0.1) is 0 Å². The maximum Gasteiger partial charge on any atom is 0.0566 e. The molecule has 0 aromatic heterocycles. The van der Waals surface area contributed by atoms with Crippen LogP contribution in [-0.2, 0) is 5.41 Å². The van der Waals surface area contributed by atoms with Crippen molar-refractivity contribution >= 4 is 33.9 Å². The molecule has 0 fully saturated rings. The van der Waals surface area contributed by atoms with E-state index in [0.29, 0.717) is 0 Å². The molecule has 2 nitrogen and oxygen atoms in total. The number of hydrogen-bond donors (Lipinski definition) is 0. The first-order valence-corrected chi connectivity index (χ1v) is 23.1. The summed E-state index contributed by atoms with van der Waals surface area (Å²) in [4.78, 5) is 5.02. The first-order valence-electron chi connectivity index (χ1n) is 23.1. The number of nitrogens with zero attached hydrogens (tertiary/aromatic N) is 2. The lowest BCUT2D eigenvalue weighted by molar-refractivity contribution is 0.647. The Morgan fingerprint density at radius 2 is 0.938 bits per heavy atom. The Bertz CT molecular complexity index is 3050. The highest BCUT2D eigenvalue weighted by Crippen LogP contribution is 2.51. The Morgan fingerprint density at radius 3 is 1.49 bits per heavy atom. The van der Waals surface area contributed by atoms with Gasteiger partial charge in [0.15, 0.2) is 0 Å². The highest BCUT2D eigenvalue weighted by atomic mass is 15.2. The van der Waals surface area contributed by atoms with Crippen LogP contribution < -0.4 is 9.80 Å². The lowest BCUT2D eigenvalue weighted by Gasteiger charge is -2.35. The van der Waals surface area contributed by atoms with Crippen molar-refractivity contribution in [3.8, 4) is 33.4 Å². The van der Waals surface area contributed by atoms with Gasteiger partial charge in [-0.2, -0.15) is 0 Å². The smallest absolute Gasteiger partial charge is 0.0566 e. The van der Waals surface area contributed by atoms with E-state index in [0.717, 1.165) is 30.6 Å². The Labute approximate surface area is 384 Å². The topological polar surface area (TPSA) is 6.48 Å². The van der Waals surface area contributed by atoms with Crippen molar-refractivity contribution in [2.75, 3.05) is 9.80 Å². The van der Waals surface area contributed by atoms with Crippen LogP contribution >= 0.6 is 0 Å². The standard InChI is InChI=1S/C63H52N2/c1-63(2)61-30-13-12-29-59(61)60-44-58(39-40-62(60)63)65(57-28-16-25-52(43-57)47-21-10-5-11-22-47)54-37-33-49(34-38-54)48-31-35-53(36-32-48)64(55-26-14-23-50(41-55)45-17-6-3-7-18-45)56-27-15-24-51(42-56)46-19-8-4-9-20-46/h3-31,33-35,37-43,58H,32,36,44H2,1-2H3. The van der Waals surface area contributed by atoms with Crippen LogP contribution in [0.2, 0.25) is 0 Å². The molecule has 3 aliphatic rings. The molecule has 11 rings (SSSR count). The molecule has 0 bridgehead atoms. The summed E-state index contributed by atoms with van der Waals surface area (Å²) in [5, 5.41) is 0. The number of anilines is 4. The minimum absolute atomic E-state index is 0.00936. The second-order valence-electron chi connectivity index (χ2n) is 18.0. The van der Waals surface area contributed by atoms with Crippen molar-refractivity contribution in [1.29, 1.82) is 0 Å². The Morgan fingerprint density at radius 1 is 0.431 bits per heavy atom. The fraction of sp³-hybridized carbons (Fsp3) is 0.111. The van der Waals surface area contributed by atoms with Crippen molar-refractivity contribution in [2.45, 2.75) is 44.6 Å². The van der Waals surface area contributed by atoms with Crippen LogP contribution in [0.5, 0.6) is 0 Å². The van der Waals surface area contributed by atoms with Crippen LogP contribution in [0, 0.1) is 0 Å². The molecule has 0 radical (unpaired) electrons. The molecule has 8 aromatic carbocycles. The molecule has 1 unspecified atom stereocenters. The molecule has 2 heteroatoms. The summed E-state index contributed by atoms with van der Waals surface area (Å²) in [6, 6.07) is 77.7. The fourth-order valence-corrected chi connectivity index (χ4v) is 10.4. The largest absolute Gasteiger partial charge is 0.334 e. The molecule has 0 aliphatic heterocycles. The van der Waals surface area contributed by atoms with E-state index in [1.54, 1.807) is 0 Å². The highest BCUT2D eigenvalue weighted by molar-refractivity contribution is 5.86. The first kappa shape index (κ1) is 40.1. The minimum Gasteiger partial charge on any atom is -0.334 e. The molecule has 1 atom stereocenters. The van der Waals surface area contributed by atoms with Crippen molar-refractivity contribution in [3.05, 3.63) is 265 Å². The molecule has 0 spiro atoms. The van der Waals surface area contributed by atoms with Gasteiger partial charge in [-0.3, -0.25) is 0 Å². The molecule has 0 amide bonds. The van der Waals surface area contributed by atoms with Gasteiger partial charge >= 0.3 is 0 Å². The normalized spacial score (nSPS) is 16.0. The van der Waals surface area contributed by atoms with Crippen LogP contribution in [0.1, 0.15) is 49.8 Å². The summed E-state index contributed by atoms with van der Waals surface area (Å²) >= 11 is 0. The lowest BCUT2D eigenvalue weighted by Crippen LogP contribution is -2.31. The number of hydrogen-bond acceptors (Lipinski definition) is 2. The van der Waals surface area contributed by atoms with E-state index in [4.69, 9.17) is 0 Å². The summed E-state index contributed by atoms with van der Waals surface area (Å²) in [6.07, 6.45) is 12.4. The van der Waals surface area contributed by atoms with Gasteiger partial charge in [0, 0.05) is 33.9 Å². The average molecular weight is 837 g/mol. The van der Waals surface area contributed by atoms with E-state index in [1.807, 2.05) is 0 Å². The van der Waals surface area contributed by atoms with E-state index in [9.17, 15) is 0 Å². The predicted octanol–water partition coefficient (Wildman–Crippen LogP) is 16.8. The molecule has 3 aliphatic carbocycles. The van der Waals surface area contributed by atoms with Gasteiger partial charge in [-0.05, 0) is 141 Å². The number of rotatable bonds is 10. The van der Waals surface area contributed by atoms with Gasteiger partial charge in [-0.1, -0.05) is 196 Å². The van der Waals surface area contributed by atoms with E-state index >= 15 is 0 Å². The molecule has 0 saturated heterocycles. The van der Waals surface area contributed by atoms with Crippen LogP contribution in [-0.4, -0.2) is 6.04 Å². The summed E-state index contributed by atoms with van der Waals surface area (Å²) < 4.78 is 0. The monoisotopic (exact) mass is 836 g/mol. The van der Waals surface area contributed by atoms with Gasteiger partial charge in [-0.25, -0.2) is 0 Å². The number of benzene rings is 8. The molecule has 0 saturated carbocycles. The van der Waals surface area contributed by atoms with Crippen molar-refractivity contribution in [3.63, 3.8) is 0 Å². The molecule has 0 heterocycles. The Balaban J connectivity index is 0.937. The van der Waals surface area contributed by atoms with Gasteiger partial charge in [0.25, 0.3) is 0 Å². The molecular weight excluding hydrogens is 785 g/mol. The second kappa shape index (κ2) is 17.1.